The third-order valence-electron chi connectivity index (χ3n) is 11.9. The van der Waals surface area contributed by atoms with Gasteiger partial charge in [-0.3, -0.25) is 31.8 Å². The highest BCUT2D eigenvalue weighted by Crippen LogP contribution is 2.44. The number of nitrogens with two attached hydrogens (primary N) is 4. The number of aliphatic hydroxyl groups excluding tert-OH is 2. The van der Waals surface area contributed by atoms with Crippen LogP contribution in [0.5, 0.6) is 0 Å². The van der Waals surface area contributed by atoms with Crippen molar-refractivity contribution in [2.75, 3.05) is 26.2 Å². The summed E-state index contributed by atoms with van der Waals surface area (Å²) in [6.45, 7) is 6.35. The number of nitrogens with one attached hydrogen (secondary N) is 1. The second kappa shape index (κ2) is 19.6. The minimum absolute atomic E-state index is 0.103. The first-order chi connectivity index (χ1) is 23.4. The summed E-state index contributed by atoms with van der Waals surface area (Å²) in [7, 11) is 0. The zero-order valence-corrected chi connectivity index (χ0v) is 30.5. The highest BCUT2D eigenvalue weighted by Gasteiger charge is 2.47. The molecule has 2 aliphatic carbocycles. The Balaban J connectivity index is 1.44. The average molecular weight is 695 g/mol. The van der Waals surface area contributed by atoms with Crippen LogP contribution in [0.2, 0.25) is 0 Å². The number of guanidine groups is 1. The fourth-order valence-corrected chi connectivity index (χ4v) is 9.45. The molecule has 0 aromatic heterocycles. The normalized spacial score (nSPS) is 32.3. The summed E-state index contributed by atoms with van der Waals surface area (Å²) in [4.78, 5) is 30.8. The van der Waals surface area contributed by atoms with Crippen molar-refractivity contribution in [1.29, 1.82) is 0 Å². The van der Waals surface area contributed by atoms with Crippen LogP contribution in [-0.4, -0.2) is 95.8 Å². The van der Waals surface area contributed by atoms with E-state index in [2.05, 4.69) is 17.2 Å². The summed E-state index contributed by atoms with van der Waals surface area (Å²) in [5.74, 6) is 0.626. The number of esters is 1. The Bertz CT molecular complexity index is 1050. The van der Waals surface area contributed by atoms with Crippen molar-refractivity contribution in [2.24, 2.45) is 40.4 Å². The molecular weight excluding hydrogens is 624 g/mol. The third kappa shape index (κ3) is 12.9. The summed E-state index contributed by atoms with van der Waals surface area (Å²) in [6, 6.07) is 0. The van der Waals surface area contributed by atoms with Crippen molar-refractivity contribution < 1.29 is 39.6 Å². The van der Waals surface area contributed by atoms with Crippen LogP contribution in [0.25, 0.3) is 0 Å². The monoisotopic (exact) mass is 695 g/mol. The fraction of sp³-hybridized carbons (Fsp3) is 0.919. The van der Waals surface area contributed by atoms with Crippen LogP contribution in [0.3, 0.4) is 0 Å². The lowest BCUT2D eigenvalue weighted by Crippen LogP contribution is -2.94. The number of unbranched alkanes of at least 4 members (excludes halogenated alkanes) is 2. The maximum Gasteiger partial charge on any atom is 0.338 e. The number of quaternary nitrogens is 1. The summed E-state index contributed by atoms with van der Waals surface area (Å²) in [6.07, 6.45) is 14.4. The smallest absolute Gasteiger partial charge is 0.338 e. The van der Waals surface area contributed by atoms with Gasteiger partial charge < -0.3 is 29.9 Å². The largest absolute Gasteiger partial charge is 0.462 e. The lowest BCUT2D eigenvalue weighted by Gasteiger charge is -2.42. The van der Waals surface area contributed by atoms with Gasteiger partial charge in [-0.1, -0.05) is 39.0 Å². The molecule has 4 aliphatic rings. The molecule has 12 nitrogen and oxygen atoms in total. The number of piperidine rings is 1. The first kappa shape index (κ1) is 39.8. The predicted molar refractivity (Wildman–Crippen MR) is 188 cm³/mol. The summed E-state index contributed by atoms with van der Waals surface area (Å²) < 4.78 is 12.3. The Morgan fingerprint density at radius 1 is 1.12 bits per heavy atom. The van der Waals surface area contributed by atoms with Crippen LogP contribution < -0.4 is 27.5 Å². The molecule has 0 aromatic rings. The first-order valence-electron chi connectivity index (χ1n) is 19.6. The van der Waals surface area contributed by atoms with Gasteiger partial charge in [0.15, 0.2) is 0 Å². The van der Waals surface area contributed by atoms with Crippen LogP contribution >= 0.6 is 0 Å². The van der Waals surface area contributed by atoms with Gasteiger partial charge in [-0.25, -0.2) is 0 Å². The number of nitrogens with zero attached hydrogens (tertiary/aromatic N) is 1. The molecule has 0 spiro atoms. The molecule has 0 bridgehead atoms. The molecule has 4 rings (SSSR count). The minimum Gasteiger partial charge on any atom is -0.462 e. The molecule has 2 saturated carbocycles. The van der Waals surface area contributed by atoms with Crippen LogP contribution in [-0.2, 0) is 19.1 Å². The fourth-order valence-electron chi connectivity index (χ4n) is 9.45. The Labute approximate surface area is 294 Å². The quantitative estimate of drug-likeness (QED) is 0.0431. The number of likely N-dealkylation sites (tertiary alicyclic amines) is 1. The average Bonchev–Trinajstić information content (AvgIpc) is 3.65. The predicted octanol–water partition coefficient (Wildman–Crippen LogP) is 0.356. The molecule has 0 aromatic carbocycles. The van der Waals surface area contributed by atoms with Gasteiger partial charge >= 0.3 is 11.9 Å². The molecule has 2 heterocycles. The molecule has 9 atom stereocenters. The number of aliphatic hydroxyl groups is 2. The van der Waals surface area contributed by atoms with Crippen LogP contribution in [0.4, 0.5) is 0 Å². The lowest BCUT2D eigenvalue weighted by molar-refractivity contribution is -0.699. The van der Waals surface area contributed by atoms with Crippen LogP contribution in [0, 0.1) is 23.2 Å². The van der Waals surface area contributed by atoms with E-state index in [0.29, 0.717) is 51.2 Å². The Morgan fingerprint density at radius 2 is 1.90 bits per heavy atom. The van der Waals surface area contributed by atoms with Crippen molar-refractivity contribution in [2.45, 2.75) is 166 Å². The molecule has 4 fully saturated rings. The van der Waals surface area contributed by atoms with Gasteiger partial charge in [0, 0.05) is 45.2 Å². The first-order valence-corrected chi connectivity index (χ1v) is 19.6. The number of ether oxygens (including phenoxy) is 2. The van der Waals surface area contributed by atoms with Gasteiger partial charge in [0.25, 0.3) is 0 Å². The van der Waals surface area contributed by atoms with E-state index in [4.69, 9.17) is 26.7 Å². The van der Waals surface area contributed by atoms with E-state index in [1.54, 1.807) is 0 Å². The summed E-state index contributed by atoms with van der Waals surface area (Å²) in [5.41, 5.74) is 17.6. The van der Waals surface area contributed by atoms with Crippen molar-refractivity contribution in [1.82, 2.24) is 4.90 Å². The Kier molecular flexibility index (Phi) is 15.9. The molecule has 0 radical (unpaired) electrons. The molecular formula is C37H70N6O6+2. The van der Waals surface area contributed by atoms with Gasteiger partial charge in [-0.15, -0.1) is 0 Å². The van der Waals surface area contributed by atoms with Crippen LogP contribution in [0.15, 0.2) is 0 Å². The van der Waals surface area contributed by atoms with Crippen LogP contribution in [0.1, 0.15) is 129 Å². The van der Waals surface area contributed by atoms with Gasteiger partial charge in [0.1, 0.15) is 12.3 Å². The SMILES string of the molecule is CCCCC[C@H](O)C[C@@H](CCC1CC(CN2C[C@@](CC[NH+]=C(N)N)(CC3CC[NH2+]C(N)C3)CC2=O)C(O)C(OC2CCCC2)C1)OC(C)=O. The van der Waals surface area contributed by atoms with Gasteiger partial charge in [-0.05, 0) is 81.5 Å². The number of carbonyl (C=O) groups is 2. The van der Waals surface area contributed by atoms with Crippen molar-refractivity contribution >= 4 is 17.8 Å². The third-order valence-corrected chi connectivity index (χ3v) is 11.9. The lowest BCUT2D eigenvalue weighted by atomic mass is 9.73. The molecule has 12 heteroatoms. The van der Waals surface area contributed by atoms with E-state index in [9.17, 15) is 19.8 Å². The molecule has 1 amide bonds. The van der Waals surface area contributed by atoms with E-state index in [0.717, 1.165) is 96.4 Å². The minimum atomic E-state index is -0.649. The summed E-state index contributed by atoms with van der Waals surface area (Å²) in [5, 5.41) is 24.7. The molecule has 49 heavy (non-hydrogen) atoms. The van der Waals surface area contributed by atoms with Crippen molar-refractivity contribution in [3.05, 3.63) is 0 Å². The van der Waals surface area contributed by atoms with E-state index in [1.165, 1.54) is 6.92 Å². The highest BCUT2D eigenvalue weighted by molar-refractivity contribution is 5.79. The second-order valence-electron chi connectivity index (χ2n) is 16.2. The van der Waals surface area contributed by atoms with Gasteiger partial charge in [0.05, 0.1) is 37.5 Å². The van der Waals surface area contributed by atoms with E-state index in [1.807, 2.05) is 4.90 Å². The Hall–Kier alpha value is -1.99. The number of hydrogen-bond donors (Lipinski definition) is 7. The maximum atomic E-state index is 13.8. The molecule has 2 saturated heterocycles. The number of carbonyl (C=O) groups excluding carboxylic acids is 2. The van der Waals surface area contributed by atoms with E-state index in [-0.39, 0.29) is 59.6 Å². The number of hydrogen-bond acceptors (Lipinski definition) is 7. The van der Waals surface area contributed by atoms with E-state index < -0.39 is 12.2 Å². The standard InChI is InChI=1S/C37H68N6O6/c1-3-4-5-8-29(45)20-31(48-25(2)44)12-11-26-17-28(35(47)32(18-26)49-30-9-6-7-10-30)23-43-24-37(22-34(43)46,14-16-42-36(39)40)21-27-13-15-41-33(38)19-27/h26-33,35,41,45,47H,3-24,38H2,1-2H3,(H4,39,40,42)/p+2/t26?,27?,28?,29-,31+,32?,33?,35?,37-/m0/s1. The molecule has 282 valence electrons. The van der Waals surface area contributed by atoms with Crippen molar-refractivity contribution in [3.8, 4) is 0 Å². The van der Waals surface area contributed by atoms with Crippen molar-refractivity contribution in [3.63, 3.8) is 0 Å². The zero-order chi connectivity index (χ0) is 35.4. The topological polar surface area (TPSA) is 205 Å². The molecule has 6 unspecified atom stereocenters. The maximum absolute atomic E-state index is 13.8. The Morgan fingerprint density at radius 3 is 2.59 bits per heavy atom. The highest BCUT2D eigenvalue weighted by atomic mass is 16.5. The van der Waals surface area contributed by atoms with Gasteiger partial charge in [0.2, 0.25) is 5.91 Å². The molecule has 2 aliphatic heterocycles. The number of amides is 1. The molecule has 11 N–H and O–H groups in total. The van der Waals surface area contributed by atoms with E-state index >= 15 is 0 Å². The summed E-state index contributed by atoms with van der Waals surface area (Å²) >= 11 is 0. The second-order valence-corrected chi connectivity index (χ2v) is 16.2. The zero-order valence-electron chi connectivity index (χ0n) is 30.5. The van der Waals surface area contributed by atoms with Gasteiger partial charge in [-0.2, -0.15) is 0 Å². The number of rotatable bonds is 19.